The van der Waals surface area contributed by atoms with Gasteiger partial charge in [0.1, 0.15) is 12.5 Å². The van der Waals surface area contributed by atoms with Crippen LogP contribution in [0.1, 0.15) is 12.8 Å². The lowest BCUT2D eigenvalue weighted by Crippen LogP contribution is -2.43. The zero-order valence-corrected chi connectivity index (χ0v) is 12.1. The van der Waals surface area contributed by atoms with E-state index in [-0.39, 0.29) is 24.0 Å². The minimum atomic E-state index is -0.491. The lowest BCUT2D eigenvalue weighted by atomic mass is 10.2. The zero-order chi connectivity index (χ0) is 14.4. The molecule has 2 aliphatic heterocycles. The molecular formula is C13H15ClFN5O. The molecule has 2 saturated heterocycles. The van der Waals surface area contributed by atoms with Crippen molar-refractivity contribution in [2.75, 3.05) is 24.7 Å². The lowest BCUT2D eigenvalue weighted by Gasteiger charge is -2.33. The summed E-state index contributed by atoms with van der Waals surface area (Å²) in [6, 6.07) is 0. The molecule has 8 heteroatoms. The predicted octanol–water partition coefficient (Wildman–Crippen LogP) is 1.82. The molecule has 0 N–H and O–H groups in total. The summed E-state index contributed by atoms with van der Waals surface area (Å²) in [4.78, 5) is 10.8. The Bertz CT molecular complexity index is 666. The van der Waals surface area contributed by atoms with E-state index in [2.05, 4.69) is 20.0 Å². The van der Waals surface area contributed by atoms with Gasteiger partial charge < -0.3 is 9.64 Å². The highest BCUT2D eigenvalue weighted by Gasteiger charge is 2.35. The van der Waals surface area contributed by atoms with Gasteiger partial charge in [-0.25, -0.2) is 9.07 Å². The van der Waals surface area contributed by atoms with Crippen molar-refractivity contribution in [1.82, 2.24) is 19.7 Å². The molecule has 0 spiro atoms. The summed E-state index contributed by atoms with van der Waals surface area (Å²) in [5.74, 6) is 0.773. The van der Waals surface area contributed by atoms with Crippen molar-refractivity contribution in [2.45, 2.75) is 31.6 Å². The first-order valence-corrected chi connectivity index (χ1v) is 7.48. The Morgan fingerprint density at radius 3 is 2.76 bits per heavy atom. The Morgan fingerprint density at radius 1 is 1.29 bits per heavy atom. The molecule has 0 aliphatic carbocycles. The van der Waals surface area contributed by atoms with Crippen LogP contribution >= 0.6 is 11.6 Å². The molecular weight excluding hydrogens is 297 g/mol. The third-order valence-corrected chi connectivity index (χ3v) is 4.26. The Balaban J connectivity index is 1.77. The number of aryl methyl sites for hydroxylation is 1. The number of nitrogens with zero attached hydrogens (tertiary/aromatic N) is 5. The fourth-order valence-corrected chi connectivity index (χ4v) is 3.35. The highest BCUT2D eigenvalue weighted by atomic mass is 35.5. The summed E-state index contributed by atoms with van der Waals surface area (Å²) in [5, 5.41) is 5.17. The van der Waals surface area contributed by atoms with Crippen molar-refractivity contribution in [1.29, 1.82) is 0 Å². The van der Waals surface area contributed by atoms with Gasteiger partial charge in [0.25, 0.3) is 0 Å². The SMILES string of the molecule is FCCn1ncc2c(N3CC4CCC(C3)O4)nc(Cl)nc21. The first-order valence-electron chi connectivity index (χ1n) is 7.10. The fourth-order valence-electron chi connectivity index (χ4n) is 3.19. The van der Waals surface area contributed by atoms with E-state index in [1.807, 2.05) is 0 Å². The molecule has 2 bridgehead atoms. The summed E-state index contributed by atoms with van der Waals surface area (Å²) in [6.45, 7) is 1.28. The van der Waals surface area contributed by atoms with Crippen molar-refractivity contribution >= 4 is 28.5 Å². The molecule has 21 heavy (non-hydrogen) atoms. The Hall–Kier alpha value is -1.47. The van der Waals surface area contributed by atoms with Crippen molar-refractivity contribution in [3.63, 3.8) is 0 Å². The Morgan fingerprint density at radius 2 is 2.05 bits per heavy atom. The molecule has 6 nitrogen and oxygen atoms in total. The molecule has 2 aliphatic rings. The van der Waals surface area contributed by atoms with Gasteiger partial charge in [-0.1, -0.05) is 0 Å². The average Bonchev–Trinajstić information content (AvgIpc) is 3.02. The number of hydrogen-bond acceptors (Lipinski definition) is 5. The summed E-state index contributed by atoms with van der Waals surface area (Å²) in [7, 11) is 0. The second-order valence-electron chi connectivity index (χ2n) is 5.47. The van der Waals surface area contributed by atoms with E-state index in [0.29, 0.717) is 5.65 Å². The number of rotatable bonds is 3. The van der Waals surface area contributed by atoms with Crippen LogP contribution in [0.4, 0.5) is 10.2 Å². The van der Waals surface area contributed by atoms with Crippen LogP contribution in [0.25, 0.3) is 11.0 Å². The third-order valence-electron chi connectivity index (χ3n) is 4.09. The molecule has 2 fully saturated rings. The first kappa shape index (κ1) is 13.2. The Labute approximate surface area is 125 Å². The van der Waals surface area contributed by atoms with Gasteiger partial charge in [-0.2, -0.15) is 15.1 Å². The number of morpholine rings is 1. The van der Waals surface area contributed by atoms with Crippen LogP contribution in [-0.4, -0.2) is 51.7 Å². The van der Waals surface area contributed by atoms with E-state index < -0.39 is 6.67 Å². The summed E-state index contributed by atoms with van der Waals surface area (Å²) >= 11 is 6.05. The molecule has 2 aromatic heterocycles. The molecule has 2 atom stereocenters. The van der Waals surface area contributed by atoms with Gasteiger partial charge in [0, 0.05) is 13.1 Å². The average molecular weight is 312 g/mol. The molecule has 0 radical (unpaired) electrons. The lowest BCUT2D eigenvalue weighted by molar-refractivity contribution is 0.0303. The third kappa shape index (κ3) is 2.24. The van der Waals surface area contributed by atoms with E-state index >= 15 is 0 Å². The van der Waals surface area contributed by atoms with Crippen LogP contribution in [0.3, 0.4) is 0 Å². The fraction of sp³-hybridized carbons (Fsp3) is 0.615. The maximum atomic E-state index is 12.6. The summed E-state index contributed by atoms with van der Waals surface area (Å²) < 4.78 is 20.0. The van der Waals surface area contributed by atoms with Gasteiger partial charge in [0.15, 0.2) is 5.65 Å². The zero-order valence-electron chi connectivity index (χ0n) is 11.4. The van der Waals surface area contributed by atoms with Gasteiger partial charge in [0.2, 0.25) is 5.28 Å². The Kier molecular flexibility index (Phi) is 3.19. The second-order valence-corrected chi connectivity index (χ2v) is 5.81. The summed E-state index contributed by atoms with van der Waals surface area (Å²) in [5.41, 5.74) is 0.585. The van der Waals surface area contributed by atoms with Gasteiger partial charge in [-0.15, -0.1) is 0 Å². The largest absolute Gasteiger partial charge is 0.371 e. The molecule has 4 rings (SSSR count). The molecule has 4 heterocycles. The van der Waals surface area contributed by atoms with E-state index in [1.165, 1.54) is 4.68 Å². The van der Waals surface area contributed by atoms with Crippen LogP contribution in [0.2, 0.25) is 5.28 Å². The van der Waals surface area contributed by atoms with Crippen molar-refractivity contribution in [2.24, 2.45) is 0 Å². The van der Waals surface area contributed by atoms with Crippen LogP contribution < -0.4 is 4.90 Å². The minimum absolute atomic E-state index is 0.164. The van der Waals surface area contributed by atoms with Gasteiger partial charge in [-0.3, -0.25) is 0 Å². The number of anilines is 1. The van der Waals surface area contributed by atoms with Crippen LogP contribution in [0, 0.1) is 0 Å². The van der Waals surface area contributed by atoms with E-state index in [1.54, 1.807) is 6.20 Å². The van der Waals surface area contributed by atoms with E-state index in [9.17, 15) is 4.39 Å². The number of fused-ring (bicyclic) bond motifs is 3. The smallest absolute Gasteiger partial charge is 0.226 e. The normalized spacial score (nSPS) is 25.0. The molecule has 2 aromatic rings. The highest BCUT2D eigenvalue weighted by molar-refractivity contribution is 6.28. The van der Waals surface area contributed by atoms with Crippen LogP contribution in [-0.2, 0) is 11.3 Å². The van der Waals surface area contributed by atoms with Crippen molar-refractivity contribution < 1.29 is 9.13 Å². The quantitative estimate of drug-likeness (QED) is 0.809. The van der Waals surface area contributed by atoms with Crippen molar-refractivity contribution in [3.05, 3.63) is 11.5 Å². The molecule has 0 amide bonds. The number of alkyl halides is 1. The van der Waals surface area contributed by atoms with Crippen LogP contribution in [0.5, 0.6) is 0 Å². The number of hydrogen-bond donors (Lipinski definition) is 0. The molecule has 112 valence electrons. The van der Waals surface area contributed by atoms with Gasteiger partial charge >= 0.3 is 0 Å². The monoisotopic (exact) mass is 311 g/mol. The molecule has 0 aromatic carbocycles. The topological polar surface area (TPSA) is 56.1 Å². The number of halogens is 2. The highest BCUT2D eigenvalue weighted by Crippen LogP contribution is 2.32. The number of aromatic nitrogens is 4. The van der Waals surface area contributed by atoms with Gasteiger partial charge in [-0.05, 0) is 24.4 Å². The maximum Gasteiger partial charge on any atom is 0.226 e. The van der Waals surface area contributed by atoms with Gasteiger partial charge in [0.05, 0.1) is 30.3 Å². The standard InChI is InChI=1S/C13H15ClFN5O/c14-13-17-11(19-6-8-1-2-9(7-19)21-8)10-5-16-20(4-3-15)12(10)18-13/h5,8-9H,1-4,6-7H2. The van der Waals surface area contributed by atoms with Crippen LogP contribution in [0.15, 0.2) is 6.20 Å². The predicted molar refractivity (Wildman–Crippen MR) is 76.4 cm³/mol. The van der Waals surface area contributed by atoms with E-state index in [0.717, 1.165) is 37.1 Å². The van der Waals surface area contributed by atoms with Crippen molar-refractivity contribution in [3.8, 4) is 0 Å². The number of ether oxygens (including phenoxy) is 1. The maximum absolute atomic E-state index is 12.6. The minimum Gasteiger partial charge on any atom is -0.371 e. The molecule has 2 unspecified atom stereocenters. The molecule has 0 saturated carbocycles. The van der Waals surface area contributed by atoms with E-state index in [4.69, 9.17) is 16.3 Å². The first-order chi connectivity index (χ1) is 10.2. The second kappa shape index (κ2) is 5.06. The summed E-state index contributed by atoms with van der Waals surface area (Å²) in [6.07, 6.45) is 4.38.